The average molecular weight is 428 g/mol. The number of aliphatic hydroxyl groups is 2. The number of aromatic nitrogens is 2. The molecule has 1 aliphatic heterocycles. The van der Waals surface area contributed by atoms with Gasteiger partial charge in [0.1, 0.15) is 17.3 Å². The van der Waals surface area contributed by atoms with Crippen molar-refractivity contribution >= 4 is 25.3 Å². The van der Waals surface area contributed by atoms with E-state index in [0.717, 1.165) is 21.9 Å². The van der Waals surface area contributed by atoms with E-state index in [-0.39, 0.29) is 19.0 Å². The minimum absolute atomic E-state index is 0.0462. The van der Waals surface area contributed by atoms with Crippen molar-refractivity contribution in [1.29, 1.82) is 0 Å². The quantitative estimate of drug-likeness (QED) is 0.382. The number of hydrogen-bond acceptors (Lipinski definition) is 8. The number of aliphatic hydroxyl groups excluding tert-OH is 2. The first kappa shape index (κ1) is 21.0. The van der Waals surface area contributed by atoms with E-state index in [0.29, 0.717) is 0 Å². The molecule has 0 bridgehead atoms. The van der Waals surface area contributed by atoms with E-state index in [2.05, 4.69) is 10.1 Å². The second-order valence-corrected chi connectivity index (χ2v) is 9.20. The fourth-order valence-electron chi connectivity index (χ4n) is 2.72. The van der Waals surface area contributed by atoms with Gasteiger partial charge in [0.2, 0.25) is 0 Å². The molecule has 2 aromatic rings. The van der Waals surface area contributed by atoms with Crippen LogP contribution in [0.1, 0.15) is 10.9 Å². The van der Waals surface area contributed by atoms with Crippen LogP contribution in [0.4, 0.5) is 5.82 Å². The largest absolute Gasteiger partial charge is 0.403 e. The zero-order chi connectivity index (χ0) is 20.3. The average Bonchev–Trinajstić information content (AvgIpc) is 2.94. The van der Waals surface area contributed by atoms with Crippen LogP contribution < -0.4 is 16.5 Å². The number of hydrogen-bond donors (Lipinski definition) is 5. The summed E-state index contributed by atoms with van der Waals surface area (Å²) in [6, 6.07) is 10.4. The molecule has 28 heavy (non-hydrogen) atoms. The van der Waals surface area contributed by atoms with Crippen LogP contribution >= 0.6 is 19.5 Å². The Morgan fingerprint density at radius 2 is 1.96 bits per heavy atom. The van der Waals surface area contributed by atoms with Gasteiger partial charge in [-0.05, 0) is 11.6 Å². The number of thioether (sulfide) groups is 1. The van der Waals surface area contributed by atoms with Gasteiger partial charge in [-0.25, -0.2) is 14.4 Å². The van der Waals surface area contributed by atoms with Crippen molar-refractivity contribution in [2.45, 2.75) is 29.4 Å². The maximum absolute atomic E-state index is 12.2. The summed E-state index contributed by atoms with van der Waals surface area (Å²) in [5.41, 5.74) is 5.60. The molecule has 1 aliphatic rings. The molecule has 0 spiro atoms. The number of nitrogens with zero attached hydrogens (tertiary/aromatic N) is 2. The molecule has 3 rings (SSSR count). The Balaban J connectivity index is 1.59. The monoisotopic (exact) mass is 428 g/mol. The molecule has 152 valence electrons. The van der Waals surface area contributed by atoms with Gasteiger partial charge in [0.05, 0.1) is 18.0 Å². The fraction of sp³-hybridized carbons (Fsp3) is 0.375. The smallest absolute Gasteiger partial charge is 0.389 e. The summed E-state index contributed by atoms with van der Waals surface area (Å²) in [5.74, 6) is 0.0462. The number of nitrogens with two attached hydrogens (primary N) is 1. The molecule has 0 saturated carbocycles. The first-order chi connectivity index (χ1) is 13.3. The molecule has 5 atom stereocenters. The van der Waals surface area contributed by atoms with Crippen LogP contribution in [0.5, 0.6) is 0 Å². The zero-order valence-corrected chi connectivity index (χ0v) is 16.4. The lowest BCUT2D eigenvalue weighted by Gasteiger charge is -2.18. The lowest BCUT2D eigenvalue weighted by atomic mass is 10.1. The molecule has 1 unspecified atom stereocenters. The van der Waals surface area contributed by atoms with Crippen molar-refractivity contribution in [3.05, 3.63) is 58.6 Å². The molecule has 1 aromatic carbocycles. The molecule has 0 radical (unpaired) electrons. The predicted octanol–water partition coefficient (Wildman–Crippen LogP) is 0.0681. The van der Waals surface area contributed by atoms with Crippen LogP contribution in [-0.4, -0.2) is 48.7 Å². The van der Waals surface area contributed by atoms with E-state index in [4.69, 9.17) is 10.3 Å². The minimum Gasteiger partial charge on any atom is -0.389 e. The summed E-state index contributed by atoms with van der Waals surface area (Å²) in [7, 11) is -4.12. The number of nitrogen functional groups attached to an aromatic ring is 1. The van der Waals surface area contributed by atoms with Gasteiger partial charge in [0.25, 0.3) is 0 Å². The number of rotatable bonds is 7. The summed E-state index contributed by atoms with van der Waals surface area (Å²) in [4.78, 5) is 25.5. The standard InChI is InChI=1S/C16H21N4O6PS/c17-12-6-7-20(16(23)19-12)15-14(22)13(21)11(28-15)9-26-27(24,25)18-8-10-4-2-1-3-5-10/h1-7,11,13-15,21-22H,8-9H2,(H2,17,19,23)(H2,18,24,25)/t11-,13-,14+,15-/m1/s1. The second-order valence-electron chi connectivity index (χ2n) is 6.23. The van der Waals surface area contributed by atoms with E-state index < -0.39 is 36.3 Å². The van der Waals surface area contributed by atoms with Crippen LogP contribution in [-0.2, 0) is 15.6 Å². The number of benzene rings is 1. The molecule has 10 nitrogen and oxygen atoms in total. The molecular formula is C16H21N4O6PS. The van der Waals surface area contributed by atoms with Gasteiger partial charge in [0.15, 0.2) is 0 Å². The first-order valence-corrected chi connectivity index (χ1v) is 10.9. The normalized spacial score (nSPS) is 26.8. The third-order valence-electron chi connectivity index (χ3n) is 4.20. The lowest BCUT2D eigenvalue weighted by molar-refractivity contribution is 0.0109. The molecule has 12 heteroatoms. The van der Waals surface area contributed by atoms with Gasteiger partial charge in [-0.1, -0.05) is 30.3 Å². The van der Waals surface area contributed by atoms with Crippen molar-refractivity contribution in [3.8, 4) is 0 Å². The van der Waals surface area contributed by atoms with Crippen LogP contribution in [0.2, 0.25) is 0 Å². The van der Waals surface area contributed by atoms with E-state index in [1.54, 1.807) is 24.3 Å². The first-order valence-electron chi connectivity index (χ1n) is 8.39. The highest BCUT2D eigenvalue weighted by Crippen LogP contribution is 2.44. The Morgan fingerprint density at radius 3 is 2.64 bits per heavy atom. The fourth-order valence-corrected chi connectivity index (χ4v) is 5.10. The second kappa shape index (κ2) is 8.75. The van der Waals surface area contributed by atoms with Crippen LogP contribution in [0.25, 0.3) is 0 Å². The molecule has 1 fully saturated rings. The Hall–Kier alpha value is -1.72. The maximum atomic E-state index is 12.2. The summed E-state index contributed by atoms with van der Waals surface area (Å²) in [5, 5.41) is 21.4. The SMILES string of the molecule is Nc1ccn([C@@H]2S[C@H](COP(=O)(O)NCc3ccccc3)[C@@H](O)[C@@H]2O)c(=O)n1. The highest BCUT2D eigenvalue weighted by molar-refractivity contribution is 8.00. The van der Waals surface area contributed by atoms with Crippen LogP contribution in [0.3, 0.4) is 0 Å². The maximum Gasteiger partial charge on any atom is 0.403 e. The molecule has 2 heterocycles. The predicted molar refractivity (Wildman–Crippen MR) is 104 cm³/mol. The summed E-state index contributed by atoms with van der Waals surface area (Å²) in [6.45, 7) is -0.168. The number of anilines is 1. The molecule has 0 aliphatic carbocycles. The van der Waals surface area contributed by atoms with Gasteiger partial charge in [-0.3, -0.25) is 9.09 Å². The lowest BCUT2D eigenvalue weighted by Crippen LogP contribution is -2.36. The van der Waals surface area contributed by atoms with E-state index in [1.165, 1.54) is 12.3 Å². The van der Waals surface area contributed by atoms with Gasteiger partial charge in [-0.15, -0.1) is 11.8 Å². The summed E-state index contributed by atoms with van der Waals surface area (Å²) < 4.78 is 18.4. The molecule has 1 saturated heterocycles. The van der Waals surface area contributed by atoms with Gasteiger partial charge < -0.3 is 20.8 Å². The number of nitrogens with one attached hydrogen (secondary N) is 1. The molecular weight excluding hydrogens is 407 g/mol. The van der Waals surface area contributed by atoms with Crippen molar-refractivity contribution in [2.24, 2.45) is 0 Å². The Morgan fingerprint density at radius 1 is 1.25 bits per heavy atom. The summed E-state index contributed by atoms with van der Waals surface area (Å²) >= 11 is 1.05. The Bertz CT molecular complexity index is 914. The van der Waals surface area contributed by atoms with E-state index in [9.17, 15) is 24.5 Å². The highest BCUT2D eigenvalue weighted by atomic mass is 32.2. The molecule has 6 N–H and O–H groups in total. The van der Waals surface area contributed by atoms with Crippen molar-refractivity contribution in [2.75, 3.05) is 12.3 Å². The summed E-state index contributed by atoms with van der Waals surface area (Å²) in [6.07, 6.45) is -1.16. The Labute approximate surface area is 165 Å². The van der Waals surface area contributed by atoms with Gasteiger partial charge in [0, 0.05) is 12.7 Å². The third kappa shape index (κ3) is 5.00. The van der Waals surface area contributed by atoms with Gasteiger partial charge >= 0.3 is 13.4 Å². The van der Waals surface area contributed by atoms with Crippen LogP contribution in [0.15, 0.2) is 47.4 Å². The topological polar surface area (TPSA) is 160 Å². The van der Waals surface area contributed by atoms with E-state index in [1.807, 2.05) is 6.07 Å². The van der Waals surface area contributed by atoms with Gasteiger partial charge in [-0.2, -0.15) is 4.98 Å². The molecule has 1 aromatic heterocycles. The minimum atomic E-state index is -4.12. The third-order valence-corrected chi connectivity index (χ3v) is 6.81. The zero-order valence-electron chi connectivity index (χ0n) is 14.7. The molecule has 0 amide bonds. The van der Waals surface area contributed by atoms with Crippen molar-refractivity contribution in [3.63, 3.8) is 0 Å². The van der Waals surface area contributed by atoms with E-state index >= 15 is 0 Å². The van der Waals surface area contributed by atoms with Crippen molar-refractivity contribution < 1.29 is 24.2 Å². The van der Waals surface area contributed by atoms with Crippen LogP contribution in [0, 0.1) is 0 Å². The van der Waals surface area contributed by atoms with Crippen molar-refractivity contribution in [1.82, 2.24) is 14.6 Å². The Kier molecular flexibility index (Phi) is 6.56. The highest BCUT2D eigenvalue weighted by Gasteiger charge is 2.44.